The molecule has 0 N–H and O–H groups in total. The molecule has 20 heavy (non-hydrogen) atoms. The Bertz CT molecular complexity index is 517. The van der Waals surface area contributed by atoms with Crippen molar-refractivity contribution in [3.8, 4) is 0 Å². The number of ketones is 1. The molecule has 1 nitrogen and oxygen atoms in total. The van der Waals surface area contributed by atoms with Gasteiger partial charge in [-0.3, -0.25) is 4.79 Å². The van der Waals surface area contributed by atoms with Gasteiger partial charge < -0.3 is 0 Å². The molecule has 0 heterocycles. The first-order chi connectivity index (χ1) is 9.63. The van der Waals surface area contributed by atoms with Crippen molar-refractivity contribution in [3.63, 3.8) is 0 Å². The monoisotopic (exact) mass is 272 g/mol. The molecule has 2 aliphatic carbocycles. The van der Waals surface area contributed by atoms with Crippen LogP contribution in [0.3, 0.4) is 0 Å². The van der Waals surface area contributed by atoms with Crippen LogP contribution in [0.4, 0.5) is 4.39 Å². The van der Waals surface area contributed by atoms with Crippen LogP contribution in [-0.2, 0) is 0 Å². The Balaban J connectivity index is 1.72. The lowest BCUT2D eigenvalue weighted by molar-refractivity contribution is 0.0815. The Kier molecular flexibility index (Phi) is 3.73. The van der Waals surface area contributed by atoms with Gasteiger partial charge in [-0.2, -0.15) is 0 Å². The highest BCUT2D eigenvalue weighted by Crippen LogP contribution is 2.42. The lowest BCUT2D eigenvalue weighted by Gasteiger charge is -2.38. The van der Waals surface area contributed by atoms with Crippen molar-refractivity contribution in [2.24, 2.45) is 23.7 Å². The maximum atomic E-state index is 12.9. The predicted molar refractivity (Wildman–Crippen MR) is 78.0 cm³/mol. The number of allylic oxidation sites excluding steroid dienone is 2. The van der Waals surface area contributed by atoms with Gasteiger partial charge >= 0.3 is 0 Å². The summed E-state index contributed by atoms with van der Waals surface area (Å²) >= 11 is 0. The first-order valence-electron chi connectivity index (χ1n) is 7.60. The summed E-state index contributed by atoms with van der Waals surface area (Å²) in [5, 5.41) is 0. The summed E-state index contributed by atoms with van der Waals surface area (Å²) < 4.78 is 12.9. The van der Waals surface area contributed by atoms with E-state index in [1.165, 1.54) is 25.0 Å². The molecule has 0 spiro atoms. The number of rotatable bonds is 3. The largest absolute Gasteiger partial charge is 0.294 e. The van der Waals surface area contributed by atoms with E-state index in [4.69, 9.17) is 0 Å². The average Bonchev–Trinajstić information content (AvgIpc) is 2.46. The maximum Gasteiger partial charge on any atom is 0.165 e. The van der Waals surface area contributed by atoms with Gasteiger partial charge in [-0.1, -0.05) is 19.1 Å². The summed E-state index contributed by atoms with van der Waals surface area (Å²) in [7, 11) is 0. The Morgan fingerprint density at radius 2 is 1.95 bits per heavy atom. The third-order valence-corrected chi connectivity index (χ3v) is 5.00. The normalized spacial score (nSPS) is 30.0. The molecule has 2 bridgehead atoms. The Morgan fingerprint density at radius 3 is 2.65 bits per heavy atom. The van der Waals surface area contributed by atoms with Crippen molar-refractivity contribution in [2.75, 3.05) is 0 Å². The van der Waals surface area contributed by atoms with Gasteiger partial charge in [0, 0.05) is 11.5 Å². The lowest BCUT2D eigenvalue weighted by Crippen LogP contribution is -2.31. The molecule has 1 fully saturated rings. The molecule has 2 heteroatoms. The molecule has 0 saturated heterocycles. The molecular weight excluding hydrogens is 251 g/mol. The first-order valence-corrected chi connectivity index (χ1v) is 7.60. The van der Waals surface area contributed by atoms with E-state index in [1.54, 1.807) is 12.1 Å². The lowest BCUT2D eigenvalue weighted by atomic mass is 9.66. The molecule has 1 aromatic carbocycles. The van der Waals surface area contributed by atoms with Crippen LogP contribution >= 0.6 is 0 Å². The fourth-order valence-corrected chi connectivity index (χ4v) is 3.85. The summed E-state index contributed by atoms with van der Waals surface area (Å²) in [6.07, 6.45) is 9.39. The number of hydrogen-bond acceptors (Lipinski definition) is 1. The van der Waals surface area contributed by atoms with Crippen LogP contribution in [0.5, 0.6) is 0 Å². The number of Topliss-reactive ketones (excluding diaryl/α,β-unsaturated/α-hetero) is 1. The predicted octanol–water partition coefficient (Wildman–Crippen LogP) is 4.64. The van der Waals surface area contributed by atoms with Gasteiger partial charge in [0.1, 0.15) is 5.82 Å². The minimum absolute atomic E-state index is 0.0391. The van der Waals surface area contributed by atoms with Crippen LogP contribution < -0.4 is 0 Å². The van der Waals surface area contributed by atoms with Crippen molar-refractivity contribution in [3.05, 3.63) is 47.8 Å². The van der Waals surface area contributed by atoms with Crippen molar-refractivity contribution in [1.82, 2.24) is 0 Å². The highest BCUT2D eigenvalue weighted by Gasteiger charge is 2.34. The highest BCUT2D eigenvalue weighted by molar-refractivity contribution is 5.97. The van der Waals surface area contributed by atoms with Crippen LogP contribution in [0.15, 0.2) is 36.4 Å². The van der Waals surface area contributed by atoms with Crippen molar-refractivity contribution >= 4 is 5.78 Å². The van der Waals surface area contributed by atoms with Crippen LogP contribution in [-0.4, -0.2) is 5.78 Å². The third kappa shape index (κ3) is 2.70. The molecule has 1 aromatic rings. The molecule has 0 amide bonds. The number of fused-ring (bicyclic) bond motifs is 2. The zero-order valence-corrected chi connectivity index (χ0v) is 11.9. The summed E-state index contributed by atoms with van der Waals surface area (Å²) in [6, 6.07) is 5.96. The van der Waals surface area contributed by atoms with Gasteiger partial charge in [0.2, 0.25) is 0 Å². The minimum Gasteiger partial charge on any atom is -0.294 e. The van der Waals surface area contributed by atoms with E-state index in [1.807, 2.05) is 6.92 Å². The fourth-order valence-electron chi connectivity index (χ4n) is 3.85. The van der Waals surface area contributed by atoms with Crippen molar-refractivity contribution < 1.29 is 9.18 Å². The van der Waals surface area contributed by atoms with Gasteiger partial charge in [-0.05, 0) is 67.7 Å². The van der Waals surface area contributed by atoms with E-state index in [2.05, 4.69) is 12.2 Å². The second-order valence-corrected chi connectivity index (χ2v) is 6.42. The van der Waals surface area contributed by atoms with Crippen molar-refractivity contribution in [1.29, 1.82) is 0 Å². The first kappa shape index (κ1) is 13.5. The van der Waals surface area contributed by atoms with E-state index in [-0.39, 0.29) is 17.5 Å². The number of carbonyl (C=O) groups excluding carboxylic acids is 1. The third-order valence-electron chi connectivity index (χ3n) is 5.00. The molecule has 106 valence electrons. The number of hydrogen-bond donors (Lipinski definition) is 0. The molecule has 4 atom stereocenters. The number of halogens is 1. The molecular formula is C18H21FO. The quantitative estimate of drug-likeness (QED) is 0.579. The fraction of sp³-hybridized carbons (Fsp3) is 0.500. The van der Waals surface area contributed by atoms with E-state index in [0.29, 0.717) is 17.4 Å². The van der Waals surface area contributed by atoms with Crippen molar-refractivity contribution in [2.45, 2.75) is 32.6 Å². The Hall–Kier alpha value is -1.44. The second-order valence-electron chi connectivity index (χ2n) is 6.42. The van der Waals surface area contributed by atoms with Gasteiger partial charge in [0.05, 0.1) is 0 Å². The van der Waals surface area contributed by atoms with E-state index in [0.717, 1.165) is 18.8 Å². The Labute approximate surface area is 119 Å². The van der Waals surface area contributed by atoms with Gasteiger partial charge in [-0.15, -0.1) is 0 Å². The molecule has 1 unspecified atom stereocenters. The zero-order chi connectivity index (χ0) is 14.1. The van der Waals surface area contributed by atoms with Gasteiger partial charge in [0.25, 0.3) is 0 Å². The molecule has 0 aromatic heterocycles. The summed E-state index contributed by atoms with van der Waals surface area (Å²) in [5.74, 6) is 1.81. The standard InChI is InChI=1S/C18H21FO/c1-12(18(20)15-5-7-17(19)8-6-15)16-10-13-3-2-4-14(9-13)11-16/h2-3,5-8,12-14,16H,4,9-11H2,1H3/t12-,13?,14+,16+/m0/s1. The number of benzene rings is 1. The Morgan fingerprint density at radius 1 is 1.20 bits per heavy atom. The number of carbonyl (C=O) groups is 1. The maximum absolute atomic E-state index is 12.9. The summed E-state index contributed by atoms with van der Waals surface area (Å²) in [4.78, 5) is 12.5. The molecule has 1 saturated carbocycles. The SMILES string of the molecule is C[C@H](C(=O)c1ccc(F)cc1)[C@@H]1CC2C=CC[C@H](C2)C1. The molecule has 0 radical (unpaired) electrons. The average molecular weight is 272 g/mol. The topological polar surface area (TPSA) is 17.1 Å². The summed E-state index contributed by atoms with van der Waals surface area (Å²) in [5.41, 5.74) is 0.644. The smallest absolute Gasteiger partial charge is 0.165 e. The molecule has 3 rings (SSSR count). The molecule has 2 aliphatic rings. The zero-order valence-electron chi connectivity index (χ0n) is 11.9. The van der Waals surface area contributed by atoms with Crippen LogP contribution in [0, 0.1) is 29.5 Å². The highest BCUT2D eigenvalue weighted by atomic mass is 19.1. The second kappa shape index (κ2) is 5.51. The van der Waals surface area contributed by atoms with Crippen LogP contribution in [0.1, 0.15) is 43.0 Å². The van der Waals surface area contributed by atoms with Crippen LogP contribution in [0.25, 0.3) is 0 Å². The van der Waals surface area contributed by atoms with Gasteiger partial charge in [0.15, 0.2) is 5.78 Å². The van der Waals surface area contributed by atoms with Gasteiger partial charge in [-0.25, -0.2) is 4.39 Å². The minimum atomic E-state index is -0.286. The van der Waals surface area contributed by atoms with E-state index in [9.17, 15) is 9.18 Å². The molecule has 0 aliphatic heterocycles. The van der Waals surface area contributed by atoms with E-state index >= 15 is 0 Å². The van der Waals surface area contributed by atoms with Crippen LogP contribution in [0.2, 0.25) is 0 Å². The van der Waals surface area contributed by atoms with E-state index < -0.39 is 0 Å². The summed E-state index contributed by atoms with van der Waals surface area (Å²) in [6.45, 7) is 2.04.